The number of nitro benzene ring substituents is 1. The first-order valence-corrected chi connectivity index (χ1v) is 6.62. The topological polar surface area (TPSA) is 98.5 Å². The summed E-state index contributed by atoms with van der Waals surface area (Å²) in [4.78, 5) is 32.8. The molecule has 0 heterocycles. The highest BCUT2D eigenvalue weighted by atomic mass is 35.5. The normalized spacial score (nSPS) is 10.0. The molecule has 1 aromatic carbocycles. The van der Waals surface area contributed by atoms with E-state index in [2.05, 4.69) is 10.1 Å². The number of non-ortho nitro benzene ring substituents is 1. The molecule has 0 spiro atoms. The molecule has 0 fully saturated rings. The van der Waals surface area contributed by atoms with E-state index in [9.17, 15) is 19.7 Å². The third kappa shape index (κ3) is 5.39. The fourth-order valence-electron chi connectivity index (χ4n) is 1.59. The standard InChI is InChI=1S/C13H15ClN2O5/c1-21-12(17)4-2-3-7-15-13(18)10-8-9(16(19)20)5-6-11(10)14/h5-6,8H,2-4,7H2,1H3,(H,15,18). The van der Waals surface area contributed by atoms with Gasteiger partial charge in [0.1, 0.15) is 0 Å². The van der Waals surface area contributed by atoms with Crippen molar-refractivity contribution in [2.45, 2.75) is 19.3 Å². The number of amides is 1. The summed E-state index contributed by atoms with van der Waals surface area (Å²) < 4.78 is 4.49. The van der Waals surface area contributed by atoms with Crippen molar-refractivity contribution in [2.75, 3.05) is 13.7 Å². The number of carbonyl (C=O) groups is 2. The van der Waals surface area contributed by atoms with E-state index in [-0.39, 0.29) is 28.7 Å². The number of nitro groups is 1. The third-order valence-corrected chi connectivity index (χ3v) is 3.06. The molecule has 114 valence electrons. The van der Waals surface area contributed by atoms with Crippen molar-refractivity contribution >= 4 is 29.2 Å². The van der Waals surface area contributed by atoms with E-state index in [4.69, 9.17) is 11.6 Å². The van der Waals surface area contributed by atoms with Gasteiger partial charge in [-0.2, -0.15) is 0 Å². The molecule has 7 nitrogen and oxygen atoms in total. The maximum absolute atomic E-state index is 11.9. The molecule has 0 aliphatic carbocycles. The number of esters is 1. The Morgan fingerprint density at radius 1 is 1.38 bits per heavy atom. The predicted molar refractivity (Wildman–Crippen MR) is 76.3 cm³/mol. The van der Waals surface area contributed by atoms with Crippen LogP contribution in [0.4, 0.5) is 5.69 Å². The lowest BCUT2D eigenvalue weighted by Crippen LogP contribution is -2.25. The van der Waals surface area contributed by atoms with E-state index in [0.717, 1.165) is 6.07 Å². The van der Waals surface area contributed by atoms with Gasteiger partial charge in [0.2, 0.25) is 0 Å². The number of methoxy groups -OCH3 is 1. The first-order valence-electron chi connectivity index (χ1n) is 6.24. The van der Waals surface area contributed by atoms with Crippen molar-refractivity contribution in [1.82, 2.24) is 5.32 Å². The third-order valence-electron chi connectivity index (χ3n) is 2.73. The SMILES string of the molecule is COC(=O)CCCCNC(=O)c1cc([N+](=O)[O-])ccc1Cl. The fraction of sp³-hybridized carbons (Fsp3) is 0.385. The Morgan fingerprint density at radius 2 is 2.10 bits per heavy atom. The van der Waals surface area contributed by atoms with Crippen molar-refractivity contribution in [3.8, 4) is 0 Å². The van der Waals surface area contributed by atoms with E-state index in [1.54, 1.807) is 0 Å². The molecule has 0 aliphatic heterocycles. The summed E-state index contributed by atoms with van der Waals surface area (Å²) in [5, 5.41) is 13.4. The number of nitrogens with zero attached hydrogens (tertiary/aromatic N) is 1. The number of carbonyl (C=O) groups excluding carboxylic acids is 2. The van der Waals surface area contributed by atoms with Crippen LogP contribution in [0.1, 0.15) is 29.6 Å². The monoisotopic (exact) mass is 314 g/mol. The van der Waals surface area contributed by atoms with Gasteiger partial charge in [0.25, 0.3) is 11.6 Å². The molecule has 0 saturated heterocycles. The summed E-state index contributed by atoms with van der Waals surface area (Å²) in [6, 6.07) is 3.67. The summed E-state index contributed by atoms with van der Waals surface area (Å²) in [6.45, 7) is 0.342. The van der Waals surface area contributed by atoms with E-state index in [1.807, 2.05) is 0 Å². The first kappa shape index (κ1) is 16.9. The Hall–Kier alpha value is -2.15. The molecule has 0 bridgehead atoms. The summed E-state index contributed by atoms with van der Waals surface area (Å²) in [7, 11) is 1.31. The van der Waals surface area contributed by atoms with Crippen LogP contribution in [0.2, 0.25) is 5.02 Å². The van der Waals surface area contributed by atoms with Gasteiger partial charge in [0.15, 0.2) is 0 Å². The number of benzene rings is 1. The lowest BCUT2D eigenvalue weighted by Gasteiger charge is -2.06. The number of rotatable bonds is 7. The summed E-state index contributed by atoms with van der Waals surface area (Å²) in [5.74, 6) is -0.787. The van der Waals surface area contributed by atoms with Gasteiger partial charge in [0.05, 0.1) is 22.6 Å². The van der Waals surface area contributed by atoms with Crippen LogP contribution in [0.3, 0.4) is 0 Å². The molecular weight excluding hydrogens is 300 g/mol. The van der Waals surface area contributed by atoms with Gasteiger partial charge in [-0.25, -0.2) is 0 Å². The van der Waals surface area contributed by atoms with Gasteiger partial charge in [-0.05, 0) is 18.9 Å². The van der Waals surface area contributed by atoms with Crippen LogP contribution in [0.25, 0.3) is 0 Å². The molecule has 0 radical (unpaired) electrons. The van der Waals surface area contributed by atoms with Crippen LogP contribution in [0.15, 0.2) is 18.2 Å². The van der Waals surface area contributed by atoms with Crippen molar-refractivity contribution in [1.29, 1.82) is 0 Å². The van der Waals surface area contributed by atoms with E-state index < -0.39 is 10.8 Å². The quantitative estimate of drug-likeness (QED) is 0.360. The number of ether oxygens (including phenoxy) is 1. The van der Waals surface area contributed by atoms with E-state index in [0.29, 0.717) is 19.4 Å². The molecule has 1 amide bonds. The van der Waals surface area contributed by atoms with Gasteiger partial charge < -0.3 is 10.1 Å². The zero-order valence-electron chi connectivity index (χ0n) is 11.4. The van der Waals surface area contributed by atoms with Gasteiger partial charge >= 0.3 is 5.97 Å². The Morgan fingerprint density at radius 3 is 2.71 bits per heavy atom. The van der Waals surface area contributed by atoms with Gasteiger partial charge in [-0.3, -0.25) is 19.7 Å². The predicted octanol–water partition coefficient (Wildman–Crippen LogP) is 2.32. The van der Waals surface area contributed by atoms with Gasteiger partial charge in [-0.15, -0.1) is 0 Å². The van der Waals surface area contributed by atoms with E-state index >= 15 is 0 Å². The number of nitrogens with one attached hydrogen (secondary N) is 1. The molecular formula is C13H15ClN2O5. The lowest BCUT2D eigenvalue weighted by molar-refractivity contribution is -0.384. The molecule has 0 aliphatic rings. The molecule has 0 aromatic heterocycles. The molecule has 1 aromatic rings. The smallest absolute Gasteiger partial charge is 0.305 e. The second-order valence-electron chi connectivity index (χ2n) is 4.21. The van der Waals surface area contributed by atoms with Crippen LogP contribution in [-0.4, -0.2) is 30.5 Å². The molecule has 21 heavy (non-hydrogen) atoms. The number of halogens is 1. The Balaban J connectivity index is 2.50. The lowest BCUT2D eigenvalue weighted by atomic mass is 10.2. The summed E-state index contributed by atoms with van der Waals surface area (Å²) >= 11 is 5.85. The summed E-state index contributed by atoms with van der Waals surface area (Å²) in [6.07, 6.45) is 1.45. The molecule has 1 rings (SSSR count). The van der Waals surface area contributed by atoms with Crippen LogP contribution in [0.5, 0.6) is 0 Å². The van der Waals surface area contributed by atoms with Crippen LogP contribution < -0.4 is 5.32 Å². The Labute approximate surface area is 126 Å². The molecule has 0 saturated carbocycles. The molecule has 0 atom stereocenters. The number of hydrogen-bond donors (Lipinski definition) is 1. The number of hydrogen-bond acceptors (Lipinski definition) is 5. The largest absolute Gasteiger partial charge is 0.469 e. The number of unbranched alkanes of at least 4 members (excludes halogenated alkanes) is 1. The molecule has 0 unspecified atom stereocenters. The zero-order chi connectivity index (χ0) is 15.8. The van der Waals surface area contributed by atoms with Gasteiger partial charge in [-0.1, -0.05) is 11.6 Å². The Kier molecular flexibility index (Phi) is 6.61. The van der Waals surface area contributed by atoms with Crippen molar-refractivity contribution in [3.05, 3.63) is 38.9 Å². The second-order valence-corrected chi connectivity index (χ2v) is 4.62. The minimum atomic E-state index is -0.594. The van der Waals surface area contributed by atoms with Crippen molar-refractivity contribution in [2.24, 2.45) is 0 Å². The van der Waals surface area contributed by atoms with Gasteiger partial charge in [0, 0.05) is 25.1 Å². The highest BCUT2D eigenvalue weighted by Crippen LogP contribution is 2.21. The second kappa shape index (κ2) is 8.21. The van der Waals surface area contributed by atoms with Crippen LogP contribution >= 0.6 is 11.6 Å². The minimum absolute atomic E-state index is 0.0545. The summed E-state index contributed by atoms with van der Waals surface area (Å²) in [5.41, 5.74) is -0.144. The highest BCUT2D eigenvalue weighted by molar-refractivity contribution is 6.33. The average Bonchev–Trinajstić information content (AvgIpc) is 2.46. The molecule has 8 heteroatoms. The minimum Gasteiger partial charge on any atom is -0.469 e. The highest BCUT2D eigenvalue weighted by Gasteiger charge is 2.15. The van der Waals surface area contributed by atoms with Crippen molar-refractivity contribution in [3.63, 3.8) is 0 Å². The van der Waals surface area contributed by atoms with E-state index in [1.165, 1.54) is 19.2 Å². The molecule has 1 N–H and O–H groups in total. The van der Waals surface area contributed by atoms with Crippen LogP contribution in [0, 0.1) is 10.1 Å². The van der Waals surface area contributed by atoms with Crippen molar-refractivity contribution < 1.29 is 19.2 Å². The Bertz CT molecular complexity index is 547. The maximum Gasteiger partial charge on any atom is 0.305 e. The first-order chi connectivity index (χ1) is 9.95. The fourth-order valence-corrected chi connectivity index (χ4v) is 1.80. The average molecular weight is 315 g/mol. The van der Waals surface area contributed by atoms with Crippen LogP contribution in [-0.2, 0) is 9.53 Å². The zero-order valence-corrected chi connectivity index (χ0v) is 12.2. The maximum atomic E-state index is 11.9.